The first kappa shape index (κ1) is 7.55. The van der Waals surface area contributed by atoms with Crippen LogP contribution in [0, 0.1) is 0 Å². The first-order valence-corrected chi connectivity index (χ1v) is 4.03. The Morgan fingerprint density at radius 3 is 3.25 bits per heavy atom. The third-order valence-corrected chi connectivity index (χ3v) is 2.26. The van der Waals surface area contributed by atoms with Crippen LogP contribution in [0.2, 0.25) is 0 Å². The minimum Gasteiger partial charge on any atom is -0.478 e. The van der Waals surface area contributed by atoms with Gasteiger partial charge in [0.15, 0.2) is 0 Å². The molecule has 64 valence electrons. The lowest BCUT2D eigenvalue weighted by Gasteiger charge is -2.13. The molecule has 3 nitrogen and oxygen atoms in total. The predicted molar refractivity (Wildman–Crippen MR) is 42.8 cm³/mol. The van der Waals surface area contributed by atoms with Gasteiger partial charge in [-0.3, -0.25) is 0 Å². The molecule has 0 radical (unpaired) electrons. The molecule has 12 heavy (non-hydrogen) atoms. The molecule has 1 aliphatic heterocycles. The standard InChI is InChI=1S/C9H10O3/c10-9(11)7-1-2-8-6(5-7)3-4-12-8/h1,5,8H,2-4H2,(H,10,11). The predicted octanol–water partition coefficient (Wildman–Crippen LogP) is 1.12. The fourth-order valence-electron chi connectivity index (χ4n) is 1.61. The van der Waals surface area contributed by atoms with E-state index in [1.165, 1.54) is 0 Å². The summed E-state index contributed by atoms with van der Waals surface area (Å²) in [5, 5.41) is 8.70. The molecule has 2 aliphatic rings. The molecular weight excluding hydrogens is 156 g/mol. The summed E-state index contributed by atoms with van der Waals surface area (Å²) in [6.07, 6.45) is 5.22. The monoisotopic (exact) mass is 166 g/mol. The van der Waals surface area contributed by atoms with Gasteiger partial charge >= 0.3 is 5.97 Å². The SMILES string of the molecule is O=C(O)C1=CCC2OCCC2=C1. The lowest BCUT2D eigenvalue weighted by Crippen LogP contribution is -2.12. The number of rotatable bonds is 1. The summed E-state index contributed by atoms with van der Waals surface area (Å²) >= 11 is 0. The topological polar surface area (TPSA) is 46.5 Å². The Morgan fingerprint density at radius 1 is 1.67 bits per heavy atom. The third-order valence-electron chi connectivity index (χ3n) is 2.26. The molecule has 3 heteroatoms. The van der Waals surface area contributed by atoms with Crippen molar-refractivity contribution in [1.82, 2.24) is 0 Å². The van der Waals surface area contributed by atoms with Gasteiger partial charge in [0.2, 0.25) is 0 Å². The van der Waals surface area contributed by atoms with Gasteiger partial charge in [-0.25, -0.2) is 4.79 Å². The molecule has 1 N–H and O–H groups in total. The molecule has 0 aromatic carbocycles. The minimum absolute atomic E-state index is 0.160. The zero-order chi connectivity index (χ0) is 8.55. The average Bonchev–Trinajstić information content (AvgIpc) is 2.49. The molecule has 0 aromatic rings. The molecular formula is C9H10O3. The zero-order valence-corrected chi connectivity index (χ0v) is 6.62. The fourth-order valence-corrected chi connectivity index (χ4v) is 1.61. The normalized spacial score (nSPS) is 27.5. The van der Waals surface area contributed by atoms with E-state index in [0.717, 1.165) is 18.6 Å². The van der Waals surface area contributed by atoms with Gasteiger partial charge in [0.25, 0.3) is 0 Å². The smallest absolute Gasteiger partial charge is 0.335 e. The molecule has 1 atom stereocenters. The lowest BCUT2D eigenvalue weighted by atomic mass is 9.97. The van der Waals surface area contributed by atoms with Crippen molar-refractivity contribution in [1.29, 1.82) is 0 Å². The molecule has 0 amide bonds. The molecule has 1 aliphatic carbocycles. The zero-order valence-electron chi connectivity index (χ0n) is 6.62. The highest BCUT2D eigenvalue weighted by molar-refractivity contribution is 5.90. The van der Waals surface area contributed by atoms with E-state index in [4.69, 9.17) is 9.84 Å². The van der Waals surface area contributed by atoms with E-state index in [2.05, 4.69) is 0 Å². The van der Waals surface area contributed by atoms with Crippen molar-refractivity contribution in [3.05, 3.63) is 23.3 Å². The Labute approximate surface area is 70.3 Å². The Bertz CT molecular complexity index is 275. The highest BCUT2D eigenvalue weighted by Gasteiger charge is 2.25. The van der Waals surface area contributed by atoms with Crippen LogP contribution in [0.3, 0.4) is 0 Å². The highest BCUT2D eigenvalue weighted by Crippen LogP contribution is 2.28. The van der Waals surface area contributed by atoms with Crippen LogP contribution in [0.5, 0.6) is 0 Å². The van der Waals surface area contributed by atoms with Crippen LogP contribution in [0.1, 0.15) is 12.8 Å². The van der Waals surface area contributed by atoms with E-state index in [1.807, 2.05) is 0 Å². The van der Waals surface area contributed by atoms with Gasteiger partial charge in [-0.2, -0.15) is 0 Å². The first-order valence-electron chi connectivity index (χ1n) is 4.03. The second kappa shape index (κ2) is 2.75. The summed E-state index contributed by atoms with van der Waals surface area (Å²) < 4.78 is 5.38. The maximum absolute atomic E-state index is 10.6. The summed E-state index contributed by atoms with van der Waals surface area (Å²) in [5.41, 5.74) is 1.54. The van der Waals surface area contributed by atoms with E-state index in [0.29, 0.717) is 12.0 Å². The van der Waals surface area contributed by atoms with Crippen LogP contribution in [-0.2, 0) is 9.53 Å². The molecule has 1 unspecified atom stereocenters. The number of ether oxygens (including phenoxy) is 1. The molecule has 0 aromatic heterocycles. The lowest BCUT2D eigenvalue weighted by molar-refractivity contribution is -0.132. The molecule has 0 spiro atoms. The number of aliphatic carboxylic acids is 1. The van der Waals surface area contributed by atoms with Gasteiger partial charge in [0, 0.05) is 0 Å². The molecule has 0 bridgehead atoms. The van der Waals surface area contributed by atoms with E-state index >= 15 is 0 Å². The fraction of sp³-hybridized carbons (Fsp3) is 0.444. The van der Waals surface area contributed by atoms with Crippen LogP contribution in [0.4, 0.5) is 0 Å². The summed E-state index contributed by atoms with van der Waals surface area (Å²) in [4.78, 5) is 10.6. The van der Waals surface area contributed by atoms with Crippen molar-refractivity contribution in [3.63, 3.8) is 0 Å². The van der Waals surface area contributed by atoms with E-state index < -0.39 is 5.97 Å². The quantitative estimate of drug-likeness (QED) is 0.634. The molecule has 1 saturated heterocycles. The van der Waals surface area contributed by atoms with Gasteiger partial charge in [-0.05, 0) is 24.5 Å². The van der Waals surface area contributed by atoms with Gasteiger partial charge in [-0.1, -0.05) is 6.08 Å². The number of carboxylic acids is 1. The number of carbonyl (C=O) groups is 1. The van der Waals surface area contributed by atoms with E-state index in [1.54, 1.807) is 12.2 Å². The average molecular weight is 166 g/mol. The van der Waals surface area contributed by atoms with E-state index in [-0.39, 0.29) is 6.10 Å². The van der Waals surface area contributed by atoms with Gasteiger partial charge in [0.05, 0.1) is 18.3 Å². The molecule has 2 rings (SSSR count). The summed E-state index contributed by atoms with van der Waals surface area (Å²) in [5.74, 6) is -0.840. The Morgan fingerprint density at radius 2 is 2.50 bits per heavy atom. The number of hydrogen-bond acceptors (Lipinski definition) is 2. The van der Waals surface area contributed by atoms with Crippen LogP contribution in [0.25, 0.3) is 0 Å². The second-order valence-corrected chi connectivity index (χ2v) is 3.03. The number of hydrogen-bond donors (Lipinski definition) is 1. The van der Waals surface area contributed by atoms with Crippen LogP contribution in [0.15, 0.2) is 23.3 Å². The number of fused-ring (bicyclic) bond motifs is 1. The highest BCUT2D eigenvalue weighted by atomic mass is 16.5. The van der Waals surface area contributed by atoms with Crippen molar-refractivity contribution in [2.75, 3.05) is 6.61 Å². The molecule has 1 fully saturated rings. The first-order chi connectivity index (χ1) is 5.77. The Hall–Kier alpha value is -1.09. The van der Waals surface area contributed by atoms with Crippen molar-refractivity contribution in [3.8, 4) is 0 Å². The summed E-state index contributed by atoms with van der Waals surface area (Å²) in [6.45, 7) is 0.733. The molecule has 0 saturated carbocycles. The maximum Gasteiger partial charge on any atom is 0.335 e. The van der Waals surface area contributed by atoms with Gasteiger partial charge in [-0.15, -0.1) is 0 Å². The summed E-state index contributed by atoms with van der Waals surface area (Å²) in [6, 6.07) is 0. The number of carboxylic acid groups (broad SMARTS) is 1. The van der Waals surface area contributed by atoms with Crippen LogP contribution >= 0.6 is 0 Å². The molecule has 1 heterocycles. The van der Waals surface area contributed by atoms with E-state index in [9.17, 15) is 4.79 Å². The van der Waals surface area contributed by atoms with Crippen LogP contribution < -0.4 is 0 Å². The van der Waals surface area contributed by atoms with Gasteiger partial charge < -0.3 is 9.84 Å². The van der Waals surface area contributed by atoms with Crippen molar-refractivity contribution >= 4 is 5.97 Å². The van der Waals surface area contributed by atoms with Crippen molar-refractivity contribution in [2.24, 2.45) is 0 Å². The van der Waals surface area contributed by atoms with Gasteiger partial charge in [0.1, 0.15) is 0 Å². The van der Waals surface area contributed by atoms with Crippen LogP contribution in [-0.4, -0.2) is 23.8 Å². The maximum atomic E-state index is 10.6. The van der Waals surface area contributed by atoms with Crippen molar-refractivity contribution < 1.29 is 14.6 Å². The second-order valence-electron chi connectivity index (χ2n) is 3.03. The summed E-state index contributed by atoms with van der Waals surface area (Å²) in [7, 11) is 0. The largest absolute Gasteiger partial charge is 0.478 e. The van der Waals surface area contributed by atoms with Crippen molar-refractivity contribution in [2.45, 2.75) is 18.9 Å². The third kappa shape index (κ3) is 1.16. The Kier molecular flexibility index (Phi) is 1.73. The Balaban J connectivity index is 2.22. The minimum atomic E-state index is -0.840.